The number of hydrogen-bond acceptors (Lipinski definition) is 7. The number of ether oxygens (including phenoxy) is 2. The summed E-state index contributed by atoms with van der Waals surface area (Å²) in [5, 5.41) is 0.208. The number of rotatable bonds is 4. The molecule has 4 aromatic rings. The van der Waals surface area contributed by atoms with Crippen LogP contribution in [0, 0.1) is 0 Å². The molecule has 0 bridgehead atoms. The first-order valence-electron chi connectivity index (χ1n) is 10.3. The molecular formula is C21H16ClF4N5O4S. The van der Waals surface area contributed by atoms with Gasteiger partial charge in [0.25, 0.3) is 0 Å². The van der Waals surface area contributed by atoms with E-state index in [0.29, 0.717) is 10.7 Å². The number of fused-ring (bicyclic) bond motifs is 2. The van der Waals surface area contributed by atoms with Gasteiger partial charge in [-0.3, -0.25) is 4.98 Å². The molecule has 1 aromatic carbocycles. The lowest BCUT2D eigenvalue weighted by atomic mass is 10.2. The number of sulfone groups is 1. The van der Waals surface area contributed by atoms with Gasteiger partial charge in [-0.05, 0) is 12.1 Å². The van der Waals surface area contributed by atoms with Crippen LogP contribution in [0.2, 0.25) is 5.02 Å². The standard InChI is InChI=1S/C21H16ClF4N5O4S/c1-4-36(32,33)19-16(29-17(31(19)3)11-6-5-10(22)9-27-11)18-28-12-7-14-15(8-13(12)30(18)2)35-21(25,26)20(23,24)34-14/h5-9H,4H2,1-3H3. The predicted octanol–water partition coefficient (Wildman–Crippen LogP) is 4.44. The van der Waals surface area contributed by atoms with Gasteiger partial charge in [-0.1, -0.05) is 18.5 Å². The fraction of sp³-hybridized carbons (Fsp3) is 0.286. The lowest BCUT2D eigenvalue weighted by Crippen LogP contribution is -2.52. The first-order valence-corrected chi connectivity index (χ1v) is 12.3. The van der Waals surface area contributed by atoms with E-state index in [1.165, 1.54) is 36.4 Å². The van der Waals surface area contributed by atoms with Crippen molar-refractivity contribution in [3.8, 4) is 34.5 Å². The zero-order valence-electron chi connectivity index (χ0n) is 18.8. The van der Waals surface area contributed by atoms with Gasteiger partial charge in [-0.25, -0.2) is 18.4 Å². The number of pyridine rings is 1. The molecule has 0 amide bonds. The third-order valence-electron chi connectivity index (χ3n) is 5.65. The van der Waals surface area contributed by atoms with E-state index in [1.807, 2.05) is 0 Å². The summed E-state index contributed by atoms with van der Waals surface area (Å²) in [6, 6.07) is 5.20. The Kier molecular flexibility index (Phi) is 5.27. The van der Waals surface area contributed by atoms with Crippen LogP contribution in [0.1, 0.15) is 6.92 Å². The van der Waals surface area contributed by atoms with E-state index in [2.05, 4.69) is 24.4 Å². The Labute approximate surface area is 206 Å². The zero-order valence-corrected chi connectivity index (χ0v) is 20.3. The number of aromatic nitrogens is 5. The summed E-state index contributed by atoms with van der Waals surface area (Å²) < 4.78 is 91.9. The molecule has 4 heterocycles. The van der Waals surface area contributed by atoms with Gasteiger partial charge >= 0.3 is 12.2 Å². The Hall–Kier alpha value is -3.39. The Morgan fingerprint density at radius 3 is 2.19 bits per heavy atom. The number of aryl methyl sites for hydroxylation is 1. The van der Waals surface area contributed by atoms with Crippen molar-refractivity contribution in [3.05, 3.63) is 35.5 Å². The van der Waals surface area contributed by atoms with Crippen LogP contribution in [-0.4, -0.2) is 50.5 Å². The van der Waals surface area contributed by atoms with Gasteiger partial charge in [0.05, 0.1) is 21.8 Å². The number of hydrogen-bond donors (Lipinski definition) is 0. The predicted molar refractivity (Wildman–Crippen MR) is 120 cm³/mol. The van der Waals surface area contributed by atoms with Gasteiger partial charge < -0.3 is 18.6 Å². The highest BCUT2D eigenvalue weighted by molar-refractivity contribution is 7.91. The van der Waals surface area contributed by atoms with Crippen molar-refractivity contribution < 1.29 is 35.5 Å². The molecule has 0 saturated carbocycles. The second-order valence-electron chi connectivity index (χ2n) is 7.93. The highest BCUT2D eigenvalue weighted by Gasteiger charge is 2.66. The molecule has 0 fully saturated rings. The minimum Gasteiger partial charge on any atom is -0.421 e. The van der Waals surface area contributed by atoms with E-state index in [9.17, 15) is 26.0 Å². The van der Waals surface area contributed by atoms with Crippen LogP contribution in [0.25, 0.3) is 34.1 Å². The first-order chi connectivity index (χ1) is 16.8. The number of nitrogens with zero attached hydrogens (tertiary/aromatic N) is 5. The van der Waals surface area contributed by atoms with Crippen LogP contribution < -0.4 is 9.47 Å². The van der Waals surface area contributed by atoms with Gasteiger partial charge in [-0.2, -0.15) is 17.6 Å². The third kappa shape index (κ3) is 3.58. The van der Waals surface area contributed by atoms with Crippen LogP contribution >= 0.6 is 11.6 Å². The number of halogens is 5. The molecule has 1 aliphatic rings. The molecule has 0 radical (unpaired) electrons. The molecule has 1 aliphatic heterocycles. The molecule has 0 N–H and O–H groups in total. The van der Waals surface area contributed by atoms with E-state index < -0.39 is 33.6 Å². The van der Waals surface area contributed by atoms with E-state index in [-0.39, 0.29) is 39.2 Å². The lowest BCUT2D eigenvalue weighted by molar-refractivity contribution is -0.391. The van der Waals surface area contributed by atoms with Crippen LogP contribution in [0.3, 0.4) is 0 Å². The Bertz CT molecular complexity index is 1630. The molecule has 15 heteroatoms. The van der Waals surface area contributed by atoms with Crippen LogP contribution in [0.4, 0.5) is 17.6 Å². The van der Waals surface area contributed by atoms with Crippen molar-refractivity contribution in [1.82, 2.24) is 24.1 Å². The maximum Gasteiger partial charge on any atom is 0.507 e. The third-order valence-corrected chi connectivity index (χ3v) is 7.69. The monoisotopic (exact) mass is 545 g/mol. The number of alkyl halides is 4. The highest BCUT2D eigenvalue weighted by Crippen LogP contribution is 2.48. The Morgan fingerprint density at radius 2 is 1.61 bits per heavy atom. The number of benzene rings is 1. The fourth-order valence-electron chi connectivity index (χ4n) is 3.83. The first kappa shape index (κ1) is 24.3. The smallest absolute Gasteiger partial charge is 0.421 e. The van der Waals surface area contributed by atoms with Gasteiger partial charge in [0, 0.05) is 32.4 Å². The quantitative estimate of drug-likeness (QED) is 0.349. The summed E-state index contributed by atoms with van der Waals surface area (Å²) in [6.45, 7) is 1.46. The van der Waals surface area contributed by atoms with Crippen molar-refractivity contribution >= 4 is 32.5 Å². The zero-order chi connectivity index (χ0) is 26.2. The number of imidazole rings is 2. The molecule has 0 atom stereocenters. The Morgan fingerprint density at radius 1 is 0.972 bits per heavy atom. The summed E-state index contributed by atoms with van der Waals surface area (Å²) in [7, 11) is -0.869. The summed E-state index contributed by atoms with van der Waals surface area (Å²) in [5.74, 6) is -1.28. The summed E-state index contributed by atoms with van der Waals surface area (Å²) >= 11 is 5.91. The summed E-state index contributed by atoms with van der Waals surface area (Å²) in [6.07, 6.45) is -8.40. The van der Waals surface area contributed by atoms with Crippen molar-refractivity contribution in [2.75, 3.05) is 5.75 Å². The fourth-order valence-corrected chi connectivity index (χ4v) is 5.15. The van der Waals surface area contributed by atoms with Crippen molar-refractivity contribution in [3.63, 3.8) is 0 Å². The van der Waals surface area contributed by atoms with E-state index in [1.54, 1.807) is 12.1 Å². The van der Waals surface area contributed by atoms with Crippen molar-refractivity contribution in [2.45, 2.75) is 24.2 Å². The molecule has 0 saturated heterocycles. The van der Waals surface area contributed by atoms with Gasteiger partial charge in [-0.15, -0.1) is 0 Å². The van der Waals surface area contributed by atoms with E-state index in [0.717, 1.165) is 12.1 Å². The Balaban J connectivity index is 1.74. The van der Waals surface area contributed by atoms with Crippen LogP contribution in [0.15, 0.2) is 35.5 Å². The molecule has 0 aliphatic carbocycles. The van der Waals surface area contributed by atoms with E-state index >= 15 is 0 Å². The van der Waals surface area contributed by atoms with E-state index in [4.69, 9.17) is 11.6 Å². The second-order valence-corrected chi connectivity index (χ2v) is 10.6. The normalized spacial score (nSPS) is 16.4. The summed E-state index contributed by atoms with van der Waals surface area (Å²) in [5.41, 5.74) is 0.541. The molecule has 36 heavy (non-hydrogen) atoms. The van der Waals surface area contributed by atoms with Crippen LogP contribution in [-0.2, 0) is 23.9 Å². The molecule has 3 aromatic heterocycles. The van der Waals surface area contributed by atoms with Crippen LogP contribution in [0.5, 0.6) is 11.5 Å². The van der Waals surface area contributed by atoms with Crippen molar-refractivity contribution in [2.24, 2.45) is 14.1 Å². The molecule has 0 spiro atoms. The van der Waals surface area contributed by atoms with Gasteiger partial charge in [0.2, 0.25) is 0 Å². The molecule has 9 nitrogen and oxygen atoms in total. The minimum absolute atomic E-state index is 0.0358. The largest absolute Gasteiger partial charge is 0.507 e. The second kappa shape index (κ2) is 7.80. The maximum absolute atomic E-state index is 13.7. The molecule has 190 valence electrons. The van der Waals surface area contributed by atoms with Crippen molar-refractivity contribution in [1.29, 1.82) is 0 Å². The maximum atomic E-state index is 13.7. The van der Waals surface area contributed by atoms with Gasteiger partial charge in [0.15, 0.2) is 38.0 Å². The molecule has 5 rings (SSSR count). The molecule has 0 unspecified atom stereocenters. The molecular weight excluding hydrogens is 530 g/mol. The minimum atomic E-state index is -4.89. The average Bonchev–Trinajstić information content (AvgIpc) is 3.30. The highest BCUT2D eigenvalue weighted by atomic mass is 35.5. The summed E-state index contributed by atoms with van der Waals surface area (Å²) in [4.78, 5) is 13.0. The topological polar surface area (TPSA) is 101 Å². The average molecular weight is 546 g/mol. The van der Waals surface area contributed by atoms with Gasteiger partial charge in [0.1, 0.15) is 11.4 Å². The lowest BCUT2D eigenvalue weighted by Gasteiger charge is -2.31. The SMILES string of the molecule is CCS(=O)(=O)c1c(-c2nc3cc4c(cc3n2C)OC(F)(F)C(F)(F)O4)nc(-c2ccc(Cl)cn2)n1C.